The maximum Gasteiger partial charge on any atom is 0.165 e. The highest BCUT2D eigenvalue weighted by atomic mass is 19.1. The number of nitrogens with one attached hydrogen (secondary N) is 1. The normalized spacial score (nSPS) is 12.1. The number of anilines is 2. The molecule has 30 heavy (non-hydrogen) atoms. The molecule has 5 rings (SSSR count). The average Bonchev–Trinajstić information content (AvgIpc) is 2.75. The Labute approximate surface area is 171 Å². The van der Waals surface area contributed by atoms with Crippen molar-refractivity contribution in [3.05, 3.63) is 95.6 Å². The maximum absolute atomic E-state index is 13.8. The molecular weight excluding hydrogens is 384 g/mol. The standard InChI is InChI=1S/C25H17F2NO2/c26-20-12-16(3-7-24(20)29)14-1-5-22-18(9-14)11-19-10-15(2-6-23(19)28-22)17-4-8-25(30)21(27)13-17/h1-10,12-13,28-30H,11H2. The van der Waals surface area contributed by atoms with E-state index in [4.69, 9.17) is 0 Å². The number of phenolic OH excluding ortho intramolecular Hbond substituents is 2. The number of halogens is 2. The predicted molar refractivity (Wildman–Crippen MR) is 113 cm³/mol. The SMILES string of the molecule is Oc1ccc(-c2ccc3c(c2)Cc2cc(-c4ccc(O)c(F)c4)ccc2N3)cc1F. The van der Waals surface area contributed by atoms with Crippen LogP contribution in [0.15, 0.2) is 72.8 Å². The maximum atomic E-state index is 13.8. The summed E-state index contributed by atoms with van der Waals surface area (Å²) in [6.07, 6.45) is 0.667. The number of benzene rings is 4. The van der Waals surface area contributed by atoms with Crippen LogP contribution in [0.3, 0.4) is 0 Å². The minimum Gasteiger partial charge on any atom is -0.505 e. The van der Waals surface area contributed by atoms with E-state index in [-0.39, 0.29) is 11.5 Å². The molecule has 0 unspecified atom stereocenters. The summed E-state index contributed by atoms with van der Waals surface area (Å²) in [5.74, 6) is -2.05. The van der Waals surface area contributed by atoms with Gasteiger partial charge in [0, 0.05) is 17.8 Å². The van der Waals surface area contributed by atoms with E-state index in [2.05, 4.69) is 5.32 Å². The molecule has 0 saturated carbocycles. The van der Waals surface area contributed by atoms with Gasteiger partial charge in [-0.1, -0.05) is 24.3 Å². The van der Waals surface area contributed by atoms with Crippen LogP contribution in [-0.2, 0) is 6.42 Å². The summed E-state index contributed by atoms with van der Waals surface area (Å²) in [6.45, 7) is 0. The van der Waals surface area contributed by atoms with Crippen LogP contribution in [0.25, 0.3) is 22.3 Å². The van der Waals surface area contributed by atoms with E-state index in [1.165, 1.54) is 24.3 Å². The molecule has 4 aromatic carbocycles. The van der Waals surface area contributed by atoms with E-state index in [9.17, 15) is 19.0 Å². The lowest BCUT2D eigenvalue weighted by Crippen LogP contribution is -2.07. The van der Waals surface area contributed by atoms with E-state index < -0.39 is 11.6 Å². The summed E-state index contributed by atoms with van der Waals surface area (Å²) < 4.78 is 27.5. The van der Waals surface area contributed by atoms with Crippen molar-refractivity contribution in [1.29, 1.82) is 0 Å². The molecule has 0 saturated heterocycles. The van der Waals surface area contributed by atoms with Gasteiger partial charge in [0.1, 0.15) is 0 Å². The van der Waals surface area contributed by atoms with Crippen LogP contribution in [0.2, 0.25) is 0 Å². The zero-order valence-corrected chi connectivity index (χ0v) is 15.8. The zero-order valence-electron chi connectivity index (χ0n) is 15.8. The summed E-state index contributed by atoms with van der Waals surface area (Å²) in [7, 11) is 0. The topological polar surface area (TPSA) is 52.5 Å². The number of phenols is 2. The van der Waals surface area contributed by atoms with Crippen molar-refractivity contribution in [3.63, 3.8) is 0 Å². The summed E-state index contributed by atoms with van der Waals surface area (Å²) >= 11 is 0. The van der Waals surface area contributed by atoms with Gasteiger partial charge in [-0.3, -0.25) is 0 Å². The van der Waals surface area contributed by atoms with Gasteiger partial charge in [-0.15, -0.1) is 0 Å². The molecule has 3 N–H and O–H groups in total. The Morgan fingerprint density at radius 2 is 0.967 bits per heavy atom. The molecule has 5 heteroatoms. The molecule has 3 nitrogen and oxygen atoms in total. The van der Waals surface area contributed by atoms with Gasteiger partial charge < -0.3 is 15.5 Å². The second-order valence-electron chi connectivity index (χ2n) is 7.38. The molecule has 4 aromatic rings. The van der Waals surface area contributed by atoms with Gasteiger partial charge in [0.25, 0.3) is 0 Å². The quantitative estimate of drug-likeness (QED) is 0.323. The lowest BCUT2D eigenvalue weighted by Gasteiger charge is -2.23. The minimum atomic E-state index is -0.653. The van der Waals surface area contributed by atoms with Crippen molar-refractivity contribution in [3.8, 4) is 33.8 Å². The molecule has 1 heterocycles. The Hall–Kier alpha value is -3.86. The molecule has 0 aliphatic carbocycles. The molecular formula is C25H17F2NO2. The number of aromatic hydroxyl groups is 2. The van der Waals surface area contributed by atoms with Crippen LogP contribution >= 0.6 is 0 Å². The highest BCUT2D eigenvalue weighted by Crippen LogP contribution is 2.38. The van der Waals surface area contributed by atoms with Crippen molar-refractivity contribution in [1.82, 2.24) is 0 Å². The van der Waals surface area contributed by atoms with Gasteiger partial charge >= 0.3 is 0 Å². The van der Waals surface area contributed by atoms with E-state index in [0.717, 1.165) is 33.6 Å². The largest absolute Gasteiger partial charge is 0.505 e. The molecule has 0 atom stereocenters. The average molecular weight is 401 g/mol. The fraction of sp³-hybridized carbons (Fsp3) is 0.0400. The second-order valence-corrected chi connectivity index (χ2v) is 7.38. The Bertz CT molecular complexity index is 1200. The first-order valence-corrected chi connectivity index (χ1v) is 9.48. The van der Waals surface area contributed by atoms with Crippen molar-refractivity contribution >= 4 is 11.4 Å². The summed E-state index contributed by atoms with van der Waals surface area (Å²) in [5.41, 5.74) is 7.16. The first kappa shape index (κ1) is 18.2. The summed E-state index contributed by atoms with van der Waals surface area (Å²) in [6, 6.07) is 20.5. The van der Waals surface area contributed by atoms with Crippen LogP contribution in [0.4, 0.5) is 20.2 Å². The third-order valence-corrected chi connectivity index (χ3v) is 5.42. The zero-order chi connectivity index (χ0) is 20.8. The van der Waals surface area contributed by atoms with Gasteiger partial charge in [0.15, 0.2) is 23.1 Å². The number of fused-ring (bicyclic) bond motifs is 2. The third-order valence-electron chi connectivity index (χ3n) is 5.42. The molecule has 0 amide bonds. The highest BCUT2D eigenvalue weighted by molar-refractivity contribution is 5.79. The van der Waals surface area contributed by atoms with Gasteiger partial charge in [-0.2, -0.15) is 0 Å². The van der Waals surface area contributed by atoms with Crippen molar-refractivity contribution in [2.75, 3.05) is 5.32 Å². The van der Waals surface area contributed by atoms with Gasteiger partial charge in [0.2, 0.25) is 0 Å². The van der Waals surface area contributed by atoms with E-state index in [0.29, 0.717) is 17.5 Å². The Kier molecular flexibility index (Phi) is 4.17. The lowest BCUT2D eigenvalue weighted by molar-refractivity contribution is 0.432. The van der Waals surface area contributed by atoms with E-state index >= 15 is 0 Å². The number of hydrogen-bond donors (Lipinski definition) is 3. The van der Waals surface area contributed by atoms with Crippen LogP contribution in [0.5, 0.6) is 11.5 Å². The monoisotopic (exact) mass is 401 g/mol. The van der Waals surface area contributed by atoms with Crippen molar-refractivity contribution in [2.24, 2.45) is 0 Å². The fourth-order valence-corrected chi connectivity index (χ4v) is 3.81. The first-order chi connectivity index (χ1) is 14.5. The van der Waals surface area contributed by atoms with Gasteiger partial charge in [-0.25, -0.2) is 8.78 Å². The molecule has 0 bridgehead atoms. The smallest absolute Gasteiger partial charge is 0.165 e. The molecule has 0 spiro atoms. The Balaban J connectivity index is 1.50. The lowest BCUT2D eigenvalue weighted by atomic mass is 9.91. The Morgan fingerprint density at radius 1 is 0.567 bits per heavy atom. The number of rotatable bonds is 2. The molecule has 0 aromatic heterocycles. The third kappa shape index (κ3) is 3.14. The van der Waals surface area contributed by atoms with Gasteiger partial charge in [-0.05, 0) is 81.9 Å². The van der Waals surface area contributed by atoms with Crippen LogP contribution in [-0.4, -0.2) is 10.2 Å². The Morgan fingerprint density at radius 3 is 1.40 bits per heavy atom. The van der Waals surface area contributed by atoms with Crippen molar-refractivity contribution < 1.29 is 19.0 Å². The van der Waals surface area contributed by atoms with Crippen LogP contribution in [0, 0.1) is 11.6 Å². The van der Waals surface area contributed by atoms with E-state index in [1.807, 2.05) is 36.4 Å². The molecule has 0 radical (unpaired) electrons. The van der Waals surface area contributed by atoms with Crippen LogP contribution < -0.4 is 5.32 Å². The summed E-state index contributed by atoms with van der Waals surface area (Å²) in [4.78, 5) is 0. The number of hydrogen-bond acceptors (Lipinski definition) is 3. The minimum absolute atomic E-state index is 0.370. The fourth-order valence-electron chi connectivity index (χ4n) is 3.81. The second kappa shape index (κ2) is 6.88. The highest BCUT2D eigenvalue weighted by Gasteiger charge is 2.17. The van der Waals surface area contributed by atoms with Crippen molar-refractivity contribution in [2.45, 2.75) is 6.42 Å². The molecule has 148 valence electrons. The van der Waals surface area contributed by atoms with E-state index in [1.54, 1.807) is 12.1 Å². The predicted octanol–water partition coefficient (Wildman–Crippen LogP) is 6.36. The molecule has 1 aliphatic rings. The van der Waals surface area contributed by atoms with Gasteiger partial charge in [0.05, 0.1) is 0 Å². The summed E-state index contributed by atoms with van der Waals surface area (Å²) in [5, 5.41) is 22.3. The molecule has 1 aliphatic heterocycles. The first-order valence-electron chi connectivity index (χ1n) is 9.48. The van der Waals surface area contributed by atoms with Crippen LogP contribution in [0.1, 0.15) is 11.1 Å². The molecule has 0 fully saturated rings.